The highest BCUT2D eigenvalue weighted by Gasteiger charge is 2.25. The first-order valence-corrected chi connectivity index (χ1v) is 6.00. The molecule has 98 valence electrons. The van der Waals surface area contributed by atoms with Crippen molar-refractivity contribution in [2.45, 2.75) is 33.3 Å². The van der Waals surface area contributed by atoms with Crippen molar-refractivity contribution in [3.63, 3.8) is 0 Å². The first-order chi connectivity index (χ1) is 7.83. The van der Waals surface area contributed by atoms with Gasteiger partial charge < -0.3 is 14.5 Å². The number of amidine groups is 1. The van der Waals surface area contributed by atoms with E-state index in [1.165, 1.54) is 0 Å². The average Bonchev–Trinajstić information content (AvgIpc) is 2.26. The van der Waals surface area contributed by atoms with Gasteiger partial charge in [-0.25, -0.2) is 4.79 Å². The van der Waals surface area contributed by atoms with Gasteiger partial charge in [-0.3, -0.25) is 4.99 Å². The fourth-order valence-corrected chi connectivity index (χ4v) is 1.68. The number of hydrogen-bond donors (Lipinski definition) is 0. The maximum Gasteiger partial charge on any atom is 0.410 e. The number of piperazine rings is 1. The molecule has 0 aromatic heterocycles. The van der Waals surface area contributed by atoms with E-state index in [9.17, 15) is 4.79 Å². The van der Waals surface area contributed by atoms with Crippen LogP contribution >= 0.6 is 0 Å². The van der Waals surface area contributed by atoms with Crippen LogP contribution in [0.1, 0.15) is 27.7 Å². The number of hydrogen-bond acceptors (Lipinski definition) is 3. The molecule has 0 bridgehead atoms. The third-order valence-electron chi connectivity index (χ3n) is 2.71. The predicted molar refractivity (Wildman–Crippen MR) is 68.4 cm³/mol. The quantitative estimate of drug-likeness (QED) is 0.478. The number of carbonyl (C=O) groups excluding carboxylic acids is 1. The van der Waals surface area contributed by atoms with Gasteiger partial charge in [-0.2, -0.15) is 0 Å². The fraction of sp³-hybridized carbons (Fsp3) is 0.833. The van der Waals surface area contributed by atoms with Gasteiger partial charge >= 0.3 is 6.09 Å². The van der Waals surface area contributed by atoms with E-state index in [1.54, 1.807) is 11.9 Å². The lowest BCUT2D eigenvalue weighted by Crippen LogP contribution is -2.51. The first-order valence-electron chi connectivity index (χ1n) is 6.00. The number of amides is 1. The second kappa shape index (κ2) is 5.38. The summed E-state index contributed by atoms with van der Waals surface area (Å²) < 4.78 is 5.34. The summed E-state index contributed by atoms with van der Waals surface area (Å²) in [6.45, 7) is 10.7. The molecule has 0 radical (unpaired) electrons. The zero-order chi connectivity index (χ0) is 13.1. The SMILES string of the molecule is CN=C(C)N1CCN(C(=O)OC(C)(C)C)CC1. The van der Waals surface area contributed by atoms with Gasteiger partial charge in [0.1, 0.15) is 5.60 Å². The summed E-state index contributed by atoms with van der Waals surface area (Å²) in [4.78, 5) is 19.9. The Morgan fingerprint density at radius 3 is 2.00 bits per heavy atom. The molecule has 17 heavy (non-hydrogen) atoms. The molecule has 5 heteroatoms. The molecule has 1 saturated heterocycles. The average molecular weight is 241 g/mol. The Kier molecular flexibility index (Phi) is 4.37. The molecule has 5 nitrogen and oxygen atoms in total. The van der Waals surface area contributed by atoms with Crippen LogP contribution in [0.5, 0.6) is 0 Å². The zero-order valence-corrected chi connectivity index (χ0v) is 11.5. The summed E-state index contributed by atoms with van der Waals surface area (Å²) in [7, 11) is 1.79. The van der Waals surface area contributed by atoms with Crippen molar-refractivity contribution in [3.8, 4) is 0 Å². The van der Waals surface area contributed by atoms with Crippen molar-refractivity contribution in [3.05, 3.63) is 0 Å². The summed E-state index contributed by atoms with van der Waals surface area (Å²) in [6, 6.07) is 0. The van der Waals surface area contributed by atoms with Crippen LogP contribution in [-0.4, -0.2) is 60.6 Å². The van der Waals surface area contributed by atoms with E-state index in [4.69, 9.17) is 4.74 Å². The minimum atomic E-state index is -0.422. The summed E-state index contributed by atoms with van der Waals surface area (Å²) in [6.07, 6.45) is -0.219. The maximum absolute atomic E-state index is 11.8. The second-order valence-electron chi connectivity index (χ2n) is 5.23. The van der Waals surface area contributed by atoms with E-state index < -0.39 is 5.60 Å². The van der Waals surface area contributed by atoms with Crippen molar-refractivity contribution in [1.82, 2.24) is 9.80 Å². The van der Waals surface area contributed by atoms with Crippen molar-refractivity contribution in [1.29, 1.82) is 0 Å². The van der Waals surface area contributed by atoms with Crippen LogP contribution in [0.3, 0.4) is 0 Å². The van der Waals surface area contributed by atoms with Crippen LogP contribution in [-0.2, 0) is 4.74 Å². The molecule has 0 unspecified atom stereocenters. The molecule has 1 aliphatic heterocycles. The van der Waals surface area contributed by atoms with E-state index in [1.807, 2.05) is 27.7 Å². The summed E-state index contributed by atoms with van der Waals surface area (Å²) in [5, 5.41) is 0. The summed E-state index contributed by atoms with van der Waals surface area (Å²) in [5.41, 5.74) is -0.422. The highest BCUT2D eigenvalue weighted by Crippen LogP contribution is 2.11. The lowest BCUT2D eigenvalue weighted by Gasteiger charge is -2.36. The molecule has 0 saturated carbocycles. The Balaban J connectivity index is 2.44. The standard InChI is InChI=1S/C12H23N3O2/c1-10(13-5)14-6-8-15(9-7-14)11(16)17-12(2,3)4/h6-9H2,1-5H3. The van der Waals surface area contributed by atoms with E-state index in [-0.39, 0.29) is 6.09 Å². The highest BCUT2D eigenvalue weighted by molar-refractivity contribution is 5.80. The molecular weight excluding hydrogens is 218 g/mol. The molecule has 0 aromatic carbocycles. The number of ether oxygens (including phenoxy) is 1. The van der Waals surface area contributed by atoms with Crippen molar-refractivity contribution in [2.24, 2.45) is 4.99 Å². The van der Waals surface area contributed by atoms with Gasteiger partial charge in [0.05, 0.1) is 5.84 Å². The Labute approximate surface area is 103 Å². The largest absolute Gasteiger partial charge is 0.444 e. The minimum Gasteiger partial charge on any atom is -0.444 e. The maximum atomic E-state index is 11.8. The highest BCUT2D eigenvalue weighted by atomic mass is 16.6. The topological polar surface area (TPSA) is 45.1 Å². The number of aliphatic imine (C=N–C) groups is 1. The van der Waals surface area contributed by atoms with Crippen LogP contribution in [0.15, 0.2) is 4.99 Å². The van der Waals surface area contributed by atoms with Crippen LogP contribution < -0.4 is 0 Å². The molecule has 0 aliphatic carbocycles. The number of carbonyl (C=O) groups is 1. The molecule has 0 spiro atoms. The molecule has 0 atom stereocenters. The van der Waals surface area contributed by atoms with Gasteiger partial charge in [-0.1, -0.05) is 0 Å². The summed E-state index contributed by atoms with van der Waals surface area (Å²) >= 11 is 0. The van der Waals surface area contributed by atoms with Crippen LogP contribution in [0.2, 0.25) is 0 Å². The van der Waals surface area contributed by atoms with Gasteiger partial charge in [-0.05, 0) is 27.7 Å². The molecule has 1 aliphatic rings. The van der Waals surface area contributed by atoms with Gasteiger partial charge in [0, 0.05) is 33.2 Å². The Morgan fingerprint density at radius 2 is 1.59 bits per heavy atom. The molecule has 1 fully saturated rings. The number of nitrogens with zero attached hydrogens (tertiary/aromatic N) is 3. The van der Waals surface area contributed by atoms with E-state index in [0.717, 1.165) is 18.9 Å². The van der Waals surface area contributed by atoms with Crippen molar-refractivity contribution in [2.75, 3.05) is 33.2 Å². The van der Waals surface area contributed by atoms with Crippen molar-refractivity contribution < 1.29 is 9.53 Å². The molecule has 0 aromatic rings. The molecule has 1 heterocycles. The van der Waals surface area contributed by atoms with Crippen LogP contribution in [0, 0.1) is 0 Å². The van der Waals surface area contributed by atoms with Crippen molar-refractivity contribution >= 4 is 11.9 Å². The molecular formula is C12H23N3O2. The van der Waals surface area contributed by atoms with Crippen LogP contribution in [0.25, 0.3) is 0 Å². The Bertz CT molecular complexity index is 299. The predicted octanol–water partition coefficient (Wildman–Crippen LogP) is 1.59. The Hall–Kier alpha value is -1.26. The van der Waals surface area contributed by atoms with Gasteiger partial charge in [0.25, 0.3) is 0 Å². The van der Waals surface area contributed by atoms with Gasteiger partial charge in [0.15, 0.2) is 0 Å². The van der Waals surface area contributed by atoms with Gasteiger partial charge in [-0.15, -0.1) is 0 Å². The fourth-order valence-electron chi connectivity index (χ4n) is 1.68. The smallest absolute Gasteiger partial charge is 0.410 e. The van der Waals surface area contributed by atoms with Crippen LogP contribution in [0.4, 0.5) is 4.79 Å². The monoisotopic (exact) mass is 241 g/mol. The molecule has 1 amide bonds. The number of rotatable bonds is 0. The van der Waals surface area contributed by atoms with E-state index >= 15 is 0 Å². The Morgan fingerprint density at radius 1 is 1.12 bits per heavy atom. The zero-order valence-electron chi connectivity index (χ0n) is 11.5. The first kappa shape index (κ1) is 13.8. The summed E-state index contributed by atoms with van der Waals surface area (Å²) in [5.74, 6) is 1.02. The second-order valence-corrected chi connectivity index (χ2v) is 5.23. The lowest BCUT2D eigenvalue weighted by molar-refractivity contribution is 0.0186. The van der Waals surface area contributed by atoms with E-state index in [2.05, 4.69) is 9.89 Å². The minimum absolute atomic E-state index is 0.219. The normalized spacial score (nSPS) is 18.3. The van der Waals surface area contributed by atoms with E-state index in [0.29, 0.717) is 13.1 Å². The third-order valence-corrected chi connectivity index (χ3v) is 2.71. The lowest BCUT2D eigenvalue weighted by atomic mass is 10.2. The molecule has 0 N–H and O–H groups in total. The van der Waals surface area contributed by atoms with Gasteiger partial charge in [0.2, 0.25) is 0 Å². The molecule has 1 rings (SSSR count). The third kappa shape index (κ3) is 4.24.